The summed E-state index contributed by atoms with van der Waals surface area (Å²) in [6.45, 7) is 7.03. The summed E-state index contributed by atoms with van der Waals surface area (Å²) in [5, 5.41) is 10.1. The molecule has 2 aromatic rings. The van der Waals surface area contributed by atoms with Crippen LogP contribution in [0.2, 0.25) is 0 Å². The molecule has 1 saturated heterocycles. The quantitative estimate of drug-likeness (QED) is 0.379. The number of ether oxygens (including phenoxy) is 2. The molecule has 2 amide bonds. The number of carboxylic acid groups (broad SMARTS) is 1. The zero-order chi connectivity index (χ0) is 30.7. The van der Waals surface area contributed by atoms with Crippen LogP contribution in [0.1, 0.15) is 37.8 Å². The summed E-state index contributed by atoms with van der Waals surface area (Å²) in [6.07, 6.45) is -3.48. The number of rotatable bonds is 9. The Kier molecular flexibility index (Phi) is 12.6. The molecule has 13 heteroatoms. The average molecular weight is 590 g/mol. The van der Waals surface area contributed by atoms with Gasteiger partial charge in [-0.1, -0.05) is 26.0 Å². The molecule has 0 bridgehead atoms. The number of alkyl halides is 3. The first kappa shape index (κ1) is 33.6. The molecule has 0 radical (unpaired) electrons. The third-order valence-corrected chi connectivity index (χ3v) is 6.25. The number of carbonyl (C=O) groups is 2. The molecular formula is C28H36F5N3O5. The fourth-order valence-corrected chi connectivity index (χ4v) is 3.99. The summed E-state index contributed by atoms with van der Waals surface area (Å²) in [4.78, 5) is 26.1. The number of halogens is 5. The van der Waals surface area contributed by atoms with E-state index in [1.807, 2.05) is 31.3 Å². The van der Waals surface area contributed by atoms with Gasteiger partial charge in [0.05, 0.1) is 20.3 Å². The van der Waals surface area contributed by atoms with Gasteiger partial charge in [-0.3, -0.25) is 0 Å². The van der Waals surface area contributed by atoms with E-state index >= 15 is 0 Å². The molecule has 0 spiro atoms. The molecule has 41 heavy (non-hydrogen) atoms. The van der Waals surface area contributed by atoms with E-state index in [0.29, 0.717) is 24.6 Å². The van der Waals surface area contributed by atoms with E-state index in [2.05, 4.69) is 24.1 Å². The van der Waals surface area contributed by atoms with Crippen molar-refractivity contribution in [2.24, 2.45) is 5.92 Å². The predicted molar refractivity (Wildman–Crippen MR) is 142 cm³/mol. The number of nitrogens with zero attached hydrogens (tertiary/aromatic N) is 2. The third kappa shape index (κ3) is 11.1. The number of carbonyl (C=O) groups excluding carboxylic acids is 1. The number of piperidine rings is 1. The number of likely N-dealkylation sites (tertiary alicyclic amines) is 1. The van der Waals surface area contributed by atoms with Crippen LogP contribution in [0.15, 0.2) is 36.4 Å². The SMILES string of the molecule is COc1cc(F)c(F)cc1CN(C(=O)NCc1ccc(OCC(C)C)cc1)C1CCN(C)CC1.O=C(O)C(F)(F)F. The topological polar surface area (TPSA) is 91.3 Å². The van der Waals surface area contributed by atoms with E-state index in [9.17, 15) is 26.7 Å². The number of methoxy groups -OCH3 is 1. The number of hydrogen-bond acceptors (Lipinski definition) is 5. The maximum absolute atomic E-state index is 14.0. The Labute approximate surface area is 236 Å². The van der Waals surface area contributed by atoms with Gasteiger partial charge in [0.1, 0.15) is 11.5 Å². The predicted octanol–water partition coefficient (Wildman–Crippen LogP) is 5.45. The van der Waals surface area contributed by atoms with Crippen LogP contribution in [0.5, 0.6) is 11.5 Å². The van der Waals surface area contributed by atoms with Gasteiger partial charge < -0.3 is 29.7 Å². The zero-order valence-corrected chi connectivity index (χ0v) is 23.4. The first-order valence-corrected chi connectivity index (χ1v) is 13.0. The van der Waals surface area contributed by atoms with Crippen LogP contribution in [0.3, 0.4) is 0 Å². The van der Waals surface area contributed by atoms with Crippen LogP contribution >= 0.6 is 0 Å². The van der Waals surface area contributed by atoms with E-state index in [4.69, 9.17) is 19.4 Å². The second-order valence-electron chi connectivity index (χ2n) is 10.1. The molecule has 0 saturated carbocycles. The normalized spacial score (nSPS) is 14.2. The van der Waals surface area contributed by atoms with Crippen LogP contribution in [-0.2, 0) is 17.9 Å². The molecule has 3 rings (SSSR count). The highest BCUT2D eigenvalue weighted by atomic mass is 19.4. The van der Waals surface area contributed by atoms with Gasteiger partial charge >= 0.3 is 18.2 Å². The van der Waals surface area contributed by atoms with Crippen molar-refractivity contribution in [1.29, 1.82) is 0 Å². The van der Waals surface area contributed by atoms with E-state index in [1.54, 1.807) is 4.90 Å². The summed E-state index contributed by atoms with van der Waals surface area (Å²) in [5.41, 5.74) is 1.38. The molecule has 8 nitrogen and oxygen atoms in total. The molecule has 2 aromatic carbocycles. The van der Waals surface area contributed by atoms with Crippen molar-refractivity contribution in [2.75, 3.05) is 33.9 Å². The first-order chi connectivity index (χ1) is 19.2. The maximum Gasteiger partial charge on any atom is 0.490 e. The van der Waals surface area contributed by atoms with Crippen molar-refractivity contribution in [3.05, 3.63) is 59.2 Å². The van der Waals surface area contributed by atoms with Crippen LogP contribution in [0, 0.1) is 17.6 Å². The fraction of sp³-hybridized carbons (Fsp3) is 0.500. The van der Waals surface area contributed by atoms with Crippen molar-refractivity contribution < 1.29 is 46.1 Å². The Morgan fingerprint density at radius 1 is 1.10 bits per heavy atom. The van der Waals surface area contributed by atoms with Gasteiger partial charge in [-0.2, -0.15) is 13.2 Å². The molecule has 0 aromatic heterocycles. The van der Waals surface area contributed by atoms with Crippen LogP contribution < -0.4 is 14.8 Å². The maximum atomic E-state index is 14.0. The molecule has 0 atom stereocenters. The standard InChI is InChI=1S/C26H35F2N3O3.C2HF3O2/c1-18(2)17-34-22-7-5-19(6-8-22)15-29-26(32)31(21-9-11-30(3)12-10-21)16-20-13-23(27)24(28)14-25(20)33-4;3-2(4,5)1(6)7/h5-8,13-14,18,21H,9-12,15-17H2,1-4H3,(H,29,32);(H,6,7). The summed E-state index contributed by atoms with van der Waals surface area (Å²) in [5.74, 6) is -3.23. The Balaban J connectivity index is 0.000000745. The summed E-state index contributed by atoms with van der Waals surface area (Å²) < 4.78 is 70.4. The highest BCUT2D eigenvalue weighted by Crippen LogP contribution is 2.26. The average Bonchev–Trinajstić information content (AvgIpc) is 2.91. The first-order valence-electron chi connectivity index (χ1n) is 13.0. The second-order valence-corrected chi connectivity index (χ2v) is 10.1. The van der Waals surface area contributed by atoms with Crippen molar-refractivity contribution in [3.8, 4) is 11.5 Å². The van der Waals surface area contributed by atoms with Crippen LogP contribution in [0.25, 0.3) is 0 Å². The number of carboxylic acids is 1. The molecule has 1 aliphatic heterocycles. The number of aliphatic carboxylic acids is 1. The second kappa shape index (κ2) is 15.4. The molecule has 2 N–H and O–H groups in total. The lowest BCUT2D eigenvalue weighted by Gasteiger charge is -2.37. The highest BCUT2D eigenvalue weighted by molar-refractivity contribution is 5.75. The molecule has 0 aliphatic carbocycles. The van der Waals surface area contributed by atoms with E-state index in [0.717, 1.165) is 49.4 Å². The van der Waals surface area contributed by atoms with Gasteiger partial charge in [-0.05, 0) is 62.7 Å². The Morgan fingerprint density at radius 2 is 1.66 bits per heavy atom. The van der Waals surface area contributed by atoms with E-state index in [-0.39, 0.29) is 24.4 Å². The monoisotopic (exact) mass is 589 g/mol. The third-order valence-electron chi connectivity index (χ3n) is 6.25. The van der Waals surface area contributed by atoms with Crippen molar-refractivity contribution in [2.45, 2.75) is 52.0 Å². The van der Waals surface area contributed by atoms with Gasteiger partial charge in [0.15, 0.2) is 11.6 Å². The van der Waals surface area contributed by atoms with Crippen molar-refractivity contribution in [3.63, 3.8) is 0 Å². The fourth-order valence-electron chi connectivity index (χ4n) is 3.99. The number of amides is 2. The minimum Gasteiger partial charge on any atom is -0.496 e. The minimum absolute atomic E-state index is 0.0131. The number of hydrogen-bond donors (Lipinski definition) is 2. The zero-order valence-electron chi connectivity index (χ0n) is 23.4. The summed E-state index contributed by atoms with van der Waals surface area (Å²) >= 11 is 0. The van der Waals surface area contributed by atoms with E-state index < -0.39 is 23.8 Å². The van der Waals surface area contributed by atoms with Gasteiger partial charge in [0, 0.05) is 24.2 Å². The number of benzene rings is 2. The lowest BCUT2D eigenvalue weighted by Crippen LogP contribution is -2.49. The van der Waals surface area contributed by atoms with Gasteiger partial charge in [0.25, 0.3) is 0 Å². The van der Waals surface area contributed by atoms with Gasteiger partial charge in [-0.15, -0.1) is 0 Å². The number of urea groups is 1. The Bertz CT molecular complexity index is 1140. The molecule has 1 heterocycles. The summed E-state index contributed by atoms with van der Waals surface area (Å²) in [6, 6.07) is 9.51. The molecule has 228 valence electrons. The lowest BCUT2D eigenvalue weighted by atomic mass is 10.0. The minimum atomic E-state index is -5.08. The largest absolute Gasteiger partial charge is 0.496 e. The number of nitrogens with one attached hydrogen (secondary N) is 1. The lowest BCUT2D eigenvalue weighted by molar-refractivity contribution is -0.192. The van der Waals surface area contributed by atoms with E-state index in [1.165, 1.54) is 7.11 Å². The van der Waals surface area contributed by atoms with Crippen LogP contribution in [-0.4, -0.2) is 73.0 Å². The highest BCUT2D eigenvalue weighted by Gasteiger charge is 2.38. The van der Waals surface area contributed by atoms with Crippen LogP contribution in [0.4, 0.5) is 26.7 Å². The Hall–Kier alpha value is -3.61. The molecule has 1 aliphatic rings. The van der Waals surface area contributed by atoms with Gasteiger partial charge in [-0.25, -0.2) is 18.4 Å². The molecular weight excluding hydrogens is 553 g/mol. The smallest absolute Gasteiger partial charge is 0.490 e. The molecule has 0 unspecified atom stereocenters. The van der Waals surface area contributed by atoms with Crippen molar-refractivity contribution in [1.82, 2.24) is 15.1 Å². The summed E-state index contributed by atoms with van der Waals surface area (Å²) in [7, 11) is 3.46. The Morgan fingerprint density at radius 3 is 2.17 bits per heavy atom. The molecule has 1 fully saturated rings. The van der Waals surface area contributed by atoms with Crippen molar-refractivity contribution >= 4 is 12.0 Å². The van der Waals surface area contributed by atoms with Gasteiger partial charge in [0.2, 0.25) is 0 Å².